The molecule has 0 bridgehead atoms. The summed E-state index contributed by atoms with van der Waals surface area (Å²) in [5.74, 6) is 0.413. The quantitative estimate of drug-likeness (QED) is 0.793. The fourth-order valence-corrected chi connectivity index (χ4v) is 2.28. The van der Waals surface area contributed by atoms with Gasteiger partial charge in [0.25, 0.3) is 0 Å². The fraction of sp³-hybridized carbons (Fsp3) is 0.923. The van der Waals surface area contributed by atoms with Crippen LogP contribution in [0.25, 0.3) is 0 Å². The van der Waals surface area contributed by atoms with Gasteiger partial charge in [0, 0.05) is 33.2 Å². The molecule has 7 heteroatoms. The summed E-state index contributed by atoms with van der Waals surface area (Å²) in [4.78, 5) is 13.5. The summed E-state index contributed by atoms with van der Waals surface area (Å²) in [6.07, 6.45) is -3.63. The Morgan fingerprint density at radius 1 is 1.40 bits per heavy atom. The van der Waals surface area contributed by atoms with Crippen molar-refractivity contribution in [2.75, 3.05) is 26.7 Å². The number of nitrogens with one attached hydrogen (secondary N) is 1. The van der Waals surface area contributed by atoms with Gasteiger partial charge in [0.05, 0.1) is 6.10 Å². The first-order chi connectivity index (χ1) is 9.33. The molecular formula is C13H23F3N2O2. The molecular weight excluding hydrogens is 273 g/mol. The molecule has 0 spiro atoms. The number of halogens is 3. The molecule has 1 heterocycles. The van der Waals surface area contributed by atoms with Gasteiger partial charge in [-0.2, -0.15) is 13.2 Å². The molecule has 4 nitrogen and oxygen atoms in total. The molecule has 1 aliphatic rings. The minimum Gasteiger partial charge on any atom is -0.379 e. The standard InChI is InChI=1S/C13H23F3N2O2/c1-10-5-8-18(9-11(10)20-2)12(19)17-7-4-3-6-13(14,15)16/h10-11H,3-9H2,1-2H3,(H,17,19)/t10-,11-/m0/s1. The maximum absolute atomic E-state index is 11.9. The van der Waals surface area contributed by atoms with Gasteiger partial charge < -0.3 is 15.0 Å². The van der Waals surface area contributed by atoms with Gasteiger partial charge in [0.2, 0.25) is 0 Å². The second-order valence-electron chi connectivity index (χ2n) is 5.29. The molecule has 0 unspecified atom stereocenters. The highest BCUT2D eigenvalue weighted by molar-refractivity contribution is 5.74. The Morgan fingerprint density at radius 3 is 2.70 bits per heavy atom. The SMILES string of the molecule is CO[C@H]1CN(C(=O)NCCCCC(F)(F)F)CC[C@@H]1C. The lowest BCUT2D eigenvalue weighted by atomic mass is 9.96. The highest BCUT2D eigenvalue weighted by Crippen LogP contribution is 2.22. The summed E-state index contributed by atoms with van der Waals surface area (Å²) in [6.45, 7) is 3.56. The van der Waals surface area contributed by atoms with E-state index >= 15 is 0 Å². The number of alkyl halides is 3. The minimum absolute atomic E-state index is 0.0275. The van der Waals surface area contributed by atoms with Crippen LogP contribution in [0.5, 0.6) is 0 Å². The first kappa shape index (κ1) is 17.1. The molecule has 0 aromatic heterocycles. The predicted molar refractivity (Wildman–Crippen MR) is 69.5 cm³/mol. The third-order valence-corrected chi connectivity index (χ3v) is 3.64. The number of urea groups is 1. The van der Waals surface area contributed by atoms with Crippen LogP contribution in [0.1, 0.15) is 32.6 Å². The predicted octanol–water partition coefficient (Wildman–Crippen LogP) is 2.79. The zero-order valence-electron chi connectivity index (χ0n) is 12.0. The molecule has 0 saturated carbocycles. The number of likely N-dealkylation sites (tertiary alicyclic amines) is 1. The van der Waals surface area contributed by atoms with Crippen LogP contribution < -0.4 is 5.32 Å². The fourth-order valence-electron chi connectivity index (χ4n) is 2.28. The van der Waals surface area contributed by atoms with Crippen molar-refractivity contribution in [3.05, 3.63) is 0 Å². The molecule has 20 heavy (non-hydrogen) atoms. The van der Waals surface area contributed by atoms with E-state index in [1.807, 2.05) is 0 Å². The second-order valence-corrected chi connectivity index (χ2v) is 5.29. The molecule has 0 radical (unpaired) electrons. The number of carbonyl (C=O) groups is 1. The van der Waals surface area contributed by atoms with E-state index in [0.717, 1.165) is 6.42 Å². The van der Waals surface area contributed by atoms with Crippen molar-refractivity contribution in [3.63, 3.8) is 0 Å². The third-order valence-electron chi connectivity index (χ3n) is 3.64. The number of nitrogens with zero attached hydrogens (tertiary/aromatic N) is 1. The number of methoxy groups -OCH3 is 1. The van der Waals surface area contributed by atoms with Crippen LogP contribution in [0.15, 0.2) is 0 Å². The lowest BCUT2D eigenvalue weighted by Crippen LogP contribution is -2.50. The molecule has 0 aromatic carbocycles. The van der Waals surface area contributed by atoms with Crippen LogP contribution in [0.2, 0.25) is 0 Å². The third kappa shape index (κ3) is 5.98. The van der Waals surface area contributed by atoms with E-state index in [4.69, 9.17) is 4.74 Å². The van der Waals surface area contributed by atoms with Gasteiger partial charge >= 0.3 is 12.2 Å². The van der Waals surface area contributed by atoms with E-state index in [1.165, 1.54) is 0 Å². The first-order valence-corrected chi connectivity index (χ1v) is 6.96. The van der Waals surface area contributed by atoms with Crippen LogP contribution in [-0.4, -0.2) is 50.0 Å². The number of carbonyl (C=O) groups excluding carboxylic acids is 1. The minimum atomic E-state index is -4.11. The molecule has 2 amide bonds. The summed E-state index contributed by atoms with van der Waals surface area (Å²) < 4.78 is 41.1. The van der Waals surface area contributed by atoms with E-state index in [0.29, 0.717) is 25.4 Å². The smallest absolute Gasteiger partial charge is 0.379 e. The zero-order chi connectivity index (χ0) is 15.2. The summed E-state index contributed by atoms with van der Waals surface area (Å²) in [6, 6.07) is -0.217. The Bertz CT molecular complexity index is 310. The second kappa shape index (κ2) is 7.71. The number of piperidine rings is 1. The maximum atomic E-state index is 11.9. The van der Waals surface area contributed by atoms with Gasteiger partial charge in [-0.25, -0.2) is 4.79 Å². The summed E-state index contributed by atoms with van der Waals surface area (Å²) in [5.41, 5.74) is 0. The van der Waals surface area contributed by atoms with Crippen LogP contribution in [0, 0.1) is 5.92 Å². The number of unbranched alkanes of at least 4 members (excludes halogenated alkanes) is 1. The lowest BCUT2D eigenvalue weighted by Gasteiger charge is -2.36. The van der Waals surface area contributed by atoms with E-state index < -0.39 is 12.6 Å². The Kier molecular flexibility index (Phi) is 6.58. The molecule has 118 valence electrons. The Balaban J connectivity index is 2.19. The van der Waals surface area contributed by atoms with Gasteiger partial charge in [-0.05, 0) is 25.2 Å². The Hall–Kier alpha value is -0.980. The van der Waals surface area contributed by atoms with Crippen molar-refractivity contribution in [2.45, 2.75) is 44.9 Å². The topological polar surface area (TPSA) is 41.6 Å². The van der Waals surface area contributed by atoms with E-state index in [9.17, 15) is 18.0 Å². The first-order valence-electron chi connectivity index (χ1n) is 6.96. The van der Waals surface area contributed by atoms with Crippen molar-refractivity contribution in [1.29, 1.82) is 0 Å². The van der Waals surface area contributed by atoms with Crippen molar-refractivity contribution in [2.24, 2.45) is 5.92 Å². The molecule has 1 fully saturated rings. The van der Waals surface area contributed by atoms with Crippen LogP contribution in [0.4, 0.5) is 18.0 Å². The highest BCUT2D eigenvalue weighted by atomic mass is 19.4. The van der Waals surface area contributed by atoms with Crippen LogP contribution >= 0.6 is 0 Å². The number of hydrogen-bond donors (Lipinski definition) is 1. The van der Waals surface area contributed by atoms with Crippen LogP contribution in [-0.2, 0) is 4.74 Å². The van der Waals surface area contributed by atoms with E-state index in [-0.39, 0.29) is 25.1 Å². The molecule has 2 atom stereocenters. The Morgan fingerprint density at radius 2 is 2.10 bits per heavy atom. The normalized spacial score (nSPS) is 23.8. The van der Waals surface area contributed by atoms with Crippen molar-refractivity contribution in [1.82, 2.24) is 10.2 Å². The summed E-state index contributed by atoms with van der Waals surface area (Å²) in [7, 11) is 1.62. The Labute approximate surface area is 117 Å². The van der Waals surface area contributed by atoms with Gasteiger partial charge in [-0.3, -0.25) is 0 Å². The van der Waals surface area contributed by atoms with Crippen molar-refractivity contribution >= 4 is 6.03 Å². The molecule has 1 rings (SSSR count). The lowest BCUT2D eigenvalue weighted by molar-refractivity contribution is -0.135. The summed E-state index contributed by atoms with van der Waals surface area (Å²) in [5, 5.41) is 2.66. The van der Waals surface area contributed by atoms with Crippen LogP contribution in [0.3, 0.4) is 0 Å². The number of amides is 2. The van der Waals surface area contributed by atoms with Gasteiger partial charge in [0.15, 0.2) is 0 Å². The average molecular weight is 296 g/mol. The van der Waals surface area contributed by atoms with Crippen molar-refractivity contribution in [3.8, 4) is 0 Å². The molecule has 0 aliphatic carbocycles. The van der Waals surface area contributed by atoms with Gasteiger partial charge in [-0.15, -0.1) is 0 Å². The molecule has 1 saturated heterocycles. The van der Waals surface area contributed by atoms with Crippen molar-refractivity contribution < 1.29 is 22.7 Å². The van der Waals surface area contributed by atoms with E-state index in [1.54, 1.807) is 12.0 Å². The molecule has 0 aromatic rings. The zero-order valence-corrected chi connectivity index (χ0v) is 12.0. The van der Waals surface area contributed by atoms with E-state index in [2.05, 4.69) is 12.2 Å². The number of rotatable bonds is 5. The largest absolute Gasteiger partial charge is 0.389 e. The number of ether oxygens (including phenoxy) is 1. The molecule has 1 aliphatic heterocycles. The summed E-state index contributed by atoms with van der Waals surface area (Å²) >= 11 is 0. The van der Waals surface area contributed by atoms with Gasteiger partial charge in [-0.1, -0.05) is 6.92 Å². The average Bonchev–Trinajstić information content (AvgIpc) is 2.37. The maximum Gasteiger partial charge on any atom is 0.389 e. The van der Waals surface area contributed by atoms with Gasteiger partial charge in [0.1, 0.15) is 0 Å². The highest BCUT2D eigenvalue weighted by Gasteiger charge is 2.29. The number of hydrogen-bond acceptors (Lipinski definition) is 2. The monoisotopic (exact) mass is 296 g/mol. The molecule has 1 N–H and O–H groups in total.